The van der Waals surface area contributed by atoms with E-state index < -0.39 is 0 Å². The number of hydrogen-bond donors (Lipinski definition) is 0. The van der Waals surface area contributed by atoms with Crippen LogP contribution in [0.2, 0.25) is 0 Å². The van der Waals surface area contributed by atoms with Gasteiger partial charge < -0.3 is 18.8 Å². The van der Waals surface area contributed by atoms with Crippen molar-refractivity contribution < 1.29 is 18.7 Å². The standard InChI is InChI=1S/C22H29NO4/c1-15(2)18-11-19-17(12-26-20(19)9-16(18)3)10-21(24)23-6-8-27-22(13-23)5-4-7-25-14-22/h9,11-12,15H,4-8,10,13-14H2,1-3H3/t22-/m0/s1. The SMILES string of the molecule is Cc1cc2occ(CC(=O)N3CCO[C@@]4(CCCOC4)C3)c2cc1C(C)C. The molecular formula is C22H29NO4. The first-order valence-electron chi connectivity index (χ1n) is 9.97. The highest BCUT2D eigenvalue weighted by Gasteiger charge is 2.40. The van der Waals surface area contributed by atoms with Crippen molar-refractivity contribution in [3.63, 3.8) is 0 Å². The zero-order valence-electron chi connectivity index (χ0n) is 16.5. The molecule has 146 valence electrons. The first-order valence-corrected chi connectivity index (χ1v) is 9.97. The average Bonchev–Trinajstić information content (AvgIpc) is 3.03. The van der Waals surface area contributed by atoms with E-state index in [0.29, 0.717) is 38.6 Å². The maximum atomic E-state index is 13.0. The van der Waals surface area contributed by atoms with Gasteiger partial charge in [-0.3, -0.25) is 4.79 Å². The summed E-state index contributed by atoms with van der Waals surface area (Å²) in [6, 6.07) is 4.28. The van der Waals surface area contributed by atoms with Gasteiger partial charge in [0.25, 0.3) is 0 Å². The Balaban J connectivity index is 1.53. The minimum absolute atomic E-state index is 0.137. The summed E-state index contributed by atoms with van der Waals surface area (Å²) in [6.45, 7) is 9.72. The predicted molar refractivity (Wildman–Crippen MR) is 104 cm³/mol. The molecule has 0 N–H and O–H groups in total. The molecule has 1 atom stereocenters. The van der Waals surface area contributed by atoms with Crippen molar-refractivity contribution in [1.82, 2.24) is 4.90 Å². The summed E-state index contributed by atoms with van der Waals surface area (Å²) >= 11 is 0. The minimum Gasteiger partial charge on any atom is -0.464 e. The van der Waals surface area contributed by atoms with Crippen LogP contribution >= 0.6 is 0 Å². The Kier molecular flexibility index (Phi) is 4.99. The molecule has 2 aliphatic heterocycles. The highest BCUT2D eigenvalue weighted by Crippen LogP contribution is 2.31. The van der Waals surface area contributed by atoms with Gasteiger partial charge in [-0.1, -0.05) is 13.8 Å². The number of ether oxygens (including phenoxy) is 2. The Bertz CT molecular complexity index is 827. The molecule has 0 aliphatic carbocycles. The minimum atomic E-state index is -0.313. The second kappa shape index (κ2) is 7.28. The van der Waals surface area contributed by atoms with E-state index in [-0.39, 0.29) is 11.5 Å². The molecule has 2 aromatic rings. The normalized spacial score (nSPS) is 23.5. The fourth-order valence-corrected chi connectivity index (χ4v) is 4.40. The number of benzene rings is 1. The number of amides is 1. The van der Waals surface area contributed by atoms with Crippen molar-refractivity contribution in [1.29, 1.82) is 0 Å². The molecule has 3 heterocycles. The van der Waals surface area contributed by atoms with Crippen LogP contribution in [0.3, 0.4) is 0 Å². The van der Waals surface area contributed by atoms with Crippen LogP contribution in [0, 0.1) is 6.92 Å². The number of furan rings is 1. The third-order valence-corrected chi connectivity index (χ3v) is 5.89. The van der Waals surface area contributed by atoms with Gasteiger partial charge in [0.2, 0.25) is 5.91 Å². The highest BCUT2D eigenvalue weighted by atomic mass is 16.5. The molecule has 1 aromatic heterocycles. The van der Waals surface area contributed by atoms with Crippen LogP contribution in [0.4, 0.5) is 0 Å². The summed E-state index contributed by atoms with van der Waals surface area (Å²) in [7, 11) is 0. The zero-order valence-corrected chi connectivity index (χ0v) is 16.5. The number of morpholine rings is 1. The van der Waals surface area contributed by atoms with Crippen molar-refractivity contribution in [3.8, 4) is 0 Å². The summed E-state index contributed by atoms with van der Waals surface area (Å²) < 4.78 is 17.4. The van der Waals surface area contributed by atoms with Gasteiger partial charge >= 0.3 is 0 Å². The van der Waals surface area contributed by atoms with Gasteiger partial charge in [0.05, 0.1) is 32.4 Å². The van der Waals surface area contributed by atoms with E-state index in [1.54, 1.807) is 6.26 Å². The van der Waals surface area contributed by atoms with Gasteiger partial charge in [-0.05, 0) is 48.9 Å². The molecule has 0 bridgehead atoms. The maximum absolute atomic E-state index is 13.0. The Hall–Kier alpha value is -1.85. The number of hydrogen-bond acceptors (Lipinski definition) is 4. The lowest BCUT2D eigenvalue weighted by atomic mass is 9.93. The Labute approximate surface area is 160 Å². The van der Waals surface area contributed by atoms with E-state index >= 15 is 0 Å². The van der Waals surface area contributed by atoms with Crippen molar-refractivity contribution in [2.24, 2.45) is 0 Å². The maximum Gasteiger partial charge on any atom is 0.227 e. The molecule has 5 nitrogen and oxygen atoms in total. The zero-order chi connectivity index (χ0) is 19.0. The van der Waals surface area contributed by atoms with Gasteiger partial charge in [0, 0.05) is 24.1 Å². The van der Waals surface area contributed by atoms with Gasteiger partial charge in [0.15, 0.2) is 0 Å². The molecule has 1 amide bonds. The molecule has 4 rings (SSSR count). The molecule has 2 fully saturated rings. The summed E-state index contributed by atoms with van der Waals surface area (Å²) in [6.07, 6.45) is 4.06. The lowest BCUT2D eigenvalue weighted by molar-refractivity contribution is -0.176. The molecule has 2 aliphatic rings. The molecule has 5 heteroatoms. The molecule has 0 radical (unpaired) electrons. The first-order chi connectivity index (χ1) is 13.0. The summed E-state index contributed by atoms with van der Waals surface area (Å²) in [5.74, 6) is 0.580. The first kappa shape index (κ1) is 18.5. The highest BCUT2D eigenvalue weighted by molar-refractivity contribution is 5.88. The molecular weight excluding hydrogens is 342 g/mol. The third kappa shape index (κ3) is 3.63. The summed E-state index contributed by atoms with van der Waals surface area (Å²) in [5, 5.41) is 1.06. The Morgan fingerprint density at radius 2 is 2.15 bits per heavy atom. The average molecular weight is 371 g/mol. The van der Waals surface area contributed by atoms with Crippen molar-refractivity contribution >= 4 is 16.9 Å². The molecule has 0 saturated carbocycles. The molecule has 1 spiro atoms. The lowest BCUT2D eigenvalue weighted by Gasteiger charge is -2.44. The van der Waals surface area contributed by atoms with E-state index in [0.717, 1.165) is 36.0 Å². The number of carbonyl (C=O) groups excluding carboxylic acids is 1. The van der Waals surface area contributed by atoms with Gasteiger partial charge in [0.1, 0.15) is 11.2 Å². The smallest absolute Gasteiger partial charge is 0.227 e. The van der Waals surface area contributed by atoms with Gasteiger partial charge in [-0.15, -0.1) is 0 Å². The second-order valence-corrected chi connectivity index (χ2v) is 8.30. The van der Waals surface area contributed by atoms with Crippen LogP contribution in [0.15, 0.2) is 22.8 Å². The summed E-state index contributed by atoms with van der Waals surface area (Å²) in [4.78, 5) is 14.9. The molecule has 1 aromatic carbocycles. The lowest BCUT2D eigenvalue weighted by Crippen LogP contribution is -2.57. The van der Waals surface area contributed by atoms with E-state index in [1.807, 2.05) is 4.90 Å². The number of fused-ring (bicyclic) bond motifs is 1. The van der Waals surface area contributed by atoms with Gasteiger partial charge in [-0.25, -0.2) is 0 Å². The molecule has 2 saturated heterocycles. The fourth-order valence-electron chi connectivity index (χ4n) is 4.40. The predicted octanol–water partition coefficient (Wildman–Crippen LogP) is 3.82. The largest absolute Gasteiger partial charge is 0.464 e. The second-order valence-electron chi connectivity index (χ2n) is 8.30. The van der Waals surface area contributed by atoms with Crippen LogP contribution < -0.4 is 0 Å². The van der Waals surface area contributed by atoms with E-state index in [4.69, 9.17) is 13.9 Å². The fraction of sp³-hybridized carbons (Fsp3) is 0.591. The van der Waals surface area contributed by atoms with E-state index in [1.165, 1.54) is 11.1 Å². The van der Waals surface area contributed by atoms with Crippen LogP contribution in [-0.2, 0) is 20.7 Å². The Morgan fingerprint density at radius 1 is 1.30 bits per heavy atom. The monoisotopic (exact) mass is 371 g/mol. The Morgan fingerprint density at radius 3 is 2.89 bits per heavy atom. The third-order valence-electron chi connectivity index (χ3n) is 5.89. The number of aryl methyl sites for hydroxylation is 1. The number of carbonyl (C=O) groups is 1. The van der Waals surface area contributed by atoms with Crippen LogP contribution in [-0.4, -0.2) is 49.3 Å². The quantitative estimate of drug-likeness (QED) is 0.823. The van der Waals surface area contributed by atoms with Crippen molar-refractivity contribution in [2.75, 3.05) is 32.9 Å². The van der Waals surface area contributed by atoms with Crippen molar-refractivity contribution in [2.45, 2.75) is 51.6 Å². The van der Waals surface area contributed by atoms with Crippen LogP contribution in [0.25, 0.3) is 11.0 Å². The van der Waals surface area contributed by atoms with Gasteiger partial charge in [-0.2, -0.15) is 0 Å². The number of nitrogens with zero attached hydrogens (tertiary/aromatic N) is 1. The molecule has 27 heavy (non-hydrogen) atoms. The topological polar surface area (TPSA) is 51.9 Å². The van der Waals surface area contributed by atoms with E-state index in [9.17, 15) is 4.79 Å². The summed E-state index contributed by atoms with van der Waals surface area (Å²) in [5.41, 5.74) is 4.06. The van der Waals surface area contributed by atoms with Crippen LogP contribution in [0.1, 0.15) is 49.3 Å². The van der Waals surface area contributed by atoms with Crippen molar-refractivity contribution in [3.05, 3.63) is 35.1 Å². The van der Waals surface area contributed by atoms with E-state index in [2.05, 4.69) is 32.9 Å². The molecule has 0 unspecified atom stereocenters. The number of rotatable bonds is 3. The van der Waals surface area contributed by atoms with Crippen LogP contribution in [0.5, 0.6) is 0 Å².